The molecule has 0 saturated heterocycles. The van der Waals surface area contributed by atoms with E-state index in [1.54, 1.807) is 0 Å². The predicted octanol–water partition coefficient (Wildman–Crippen LogP) is 3.78. The van der Waals surface area contributed by atoms with Crippen molar-refractivity contribution in [2.75, 3.05) is 0 Å². The Balaban J connectivity index is 2.98. The molecule has 0 unspecified atom stereocenters. The van der Waals surface area contributed by atoms with E-state index in [0.717, 1.165) is 18.4 Å². The second-order valence-corrected chi connectivity index (χ2v) is 4.17. The van der Waals surface area contributed by atoms with Crippen LogP contribution in [0.5, 0.6) is 0 Å². The summed E-state index contributed by atoms with van der Waals surface area (Å²) in [7, 11) is 0. The van der Waals surface area contributed by atoms with E-state index >= 15 is 0 Å². The van der Waals surface area contributed by atoms with Gasteiger partial charge in [-0.25, -0.2) is 0 Å². The van der Waals surface area contributed by atoms with Crippen LogP contribution in [0.4, 0.5) is 0 Å². The van der Waals surface area contributed by atoms with Crippen LogP contribution < -0.4 is 0 Å². The maximum absolute atomic E-state index is 3.70. The minimum Gasteiger partial charge on any atom is -0.0906 e. The van der Waals surface area contributed by atoms with Gasteiger partial charge in [0.1, 0.15) is 0 Å². The molecule has 1 aromatic carbocycles. The van der Waals surface area contributed by atoms with Crippen LogP contribution >= 0.6 is 0 Å². The maximum atomic E-state index is 3.70. The molecule has 1 rings (SSSR count). The van der Waals surface area contributed by atoms with Gasteiger partial charge in [0.05, 0.1) is 0 Å². The molecule has 0 heteroatoms. The molecule has 0 bridgehead atoms. The Kier molecular flexibility index (Phi) is 3.94. The summed E-state index contributed by atoms with van der Waals surface area (Å²) in [6.07, 6.45) is 5.19. The fraction of sp³-hybridized carbons (Fsp3) is 0.429. The molecule has 0 aromatic heterocycles. The lowest BCUT2D eigenvalue weighted by Gasteiger charge is -2.08. The van der Waals surface area contributed by atoms with E-state index in [-0.39, 0.29) is 0 Å². The van der Waals surface area contributed by atoms with Gasteiger partial charge in [-0.15, -0.1) is 0 Å². The van der Waals surface area contributed by atoms with Crippen molar-refractivity contribution in [2.45, 2.75) is 33.6 Å². The summed E-state index contributed by atoms with van der Waals surface area (Å²) in [4.78, 5) is 0. The predicted molar refractivity (Wildman–Crippen MR) is 62.3 cm³/mol. The highest BCUT2D eigenvalue weighted by Crippen LogP contribution is 2.14. The summed E-state index contributed by atoms with van der Waals surface area (Å²) in [5.74, 6) is 0.708. The lowest BCUT2D eigenvalue weighted by Crippen LogP contribution is -1.96. The average molecular weight is 187 g/mol. The molecule has 14 heavy (non-hydrogen) atoms. The van der Waals surface area contributed by atoms with Gasteiger partial charge in [-0.3, -0.25) is 0 Å². The zero-order chi connectivity index (χ0) is 10.6. The largest absolute Gasteiger partial charge is 0.0906 e. The minimum absolute atomic E-state index is 0.708. The lowest BCUT2D eigenvalue weighted by molar-refractivity contribution is 0.646. The lowest BCUT2D eigenvalue weighted by atomic mass is 9.97. The third-order valence-corrected chi connectivity index (χ3v) is 2.31. The molecule has 0 atom stereocenters. The second-order valence-electron chi connectivity index (χ2n) is 4.17. The molecule has 0 spiro atoms. The van der Waals surface area contributed by atoms with Crippen molar-refractivity contribution < 1.29 is 0 Å². The Morgan fingerprint density at radius 2 is 1.86 bits per heavy atom. The molecule has 0 heterocycles. The Morgan fingerprint density at radius 1 is 1.21 bits per heavy atom. The number of hydrogen-bond donors (Lipinski definition) is 0. The van der Waals surface area contributed by atoms with Crippen LogP contribution in [-0.2, 0) is 12.8 Å². The van der Waals surface area contributed by atoms with Crippen LogP contribution in [0.25, 0.3) is 0 Å². The number of benzene rings is 1. The zero-order valence-electron chi connectivity index (χ0n) is 9.43. The van der Waals surface area contributed by atoms with Crippen LogP contribution in [0, 0.1) is 12.0 Å². The quantitative estimate of drug-likeness (QED) is 0.673. The van der Waals surface area contributed by atoms with E-state index in [9.17, 15) is 0 Å². The van der Waals surface area contributed by atoms with Crippen molar-refractivity contribution in [3.63, 3.8) is 0 Å². The SMILES string of the molecule is C=[C]c1cc(CC)cc(CC(C)C)c1. The van der Waals surface area contributed by atoms with E-state index < -0.39 is 0 Å². The summed E-state index contributed by atoms with van der Waals surface area (Å²) in [6.45, 7) is 10.4. The van der Waals surface area contributed by atoms with Crippen molar-refractivity contribution in [1.29, 1.82) is 0 Å². The first-order chi connectivity index (χ1) is 6.65. The summed E-state index contributed by atoms with van der Waals surface area (Å²) in [6, 6.07) is 6.64. The second kappa shape index (κ2) is 4.99. The van der Waals surface area contributed by atoms with Gasteiger partial charge < -0.3 is 0 Å². The summed E-state index contributed by atoms with van der Waals surface area (Å²) in [5, 5.41) is 0. The van der Waals surface area contributed by atoms with Gasteiger partial charge in [0.2, 0.25) is 0 Å². The van der Waals surface area contributed by atoms with E-state index in [1.807, 2.05) is 0 Å². The minimum atomic E-state index is 0.708. The molecule has 0 amide bonds. The third kappa shape index (κ3) is 3.02. The molecule has 0 aliphatic heterocycles. The van der Waals surface area contributed by atoms with E-state index in [4.69, 9.17) is 0 Å². The molecule has 0 aliphatic carbocycles. The van der Waals surface area contributed by atoms with Gasteiger partial charge in [0.25, 0.3) is 0 Å². The Hall–Kier alpha value is -1.04. The third-order valence-electron chi connectivity index (χ3n) is 2.31. The van der Waals surface area contributed by atoms with Crippen molar-refractivity contribution in [3.05, 3.63) is 47.5 Å². The summed E-state index contributed by atoms with van der Waals surface area (Å²) >= 11 is 0. The van der Waals surface area contributed by atoms with Crippen molar-refractivity contribution in [1.82, 2.24) is 0 Å². The van der Waals surface area contributed by atoms with Gasteiger partial charge in [0, 0.05) is 0 Å². The van der Waals surface area contributed by atoms with Crippen LogP contribution in [-0.4, -0.2) is 0 Å². The summed E-state index contributed by atoms with van der Waals surface area (Å²) in [5.41, 5.74) is 3.92. The van der Waals surface area contributed by atoms with Crippen LogP contribution in [0.15, 0.2) is 24.8 Å². The topological polar surface area (TPSA) is 0 Å². The molecular formula is C14H19. The molecule has 0 nitrogen and oxygen atoms in total. The van der Waals surface area contributed by atoms with Gasteiger partial charge >= 0.3 is 0 Å². The molecule has 75 valence electrons. The van der Waals surface area contributed by atoms with Crippen LogP contribution in [0.1, 0.15) is 37.5 Å². The average Bonchev–Trinajstić information content (AvgIpc) is 2.16. The Morgan fingerprint density at radius 3 is 2.36 bits per heavy atom. The van der Waals surface area contributed by atoms with Crippen molar-refractivity contribution in [3.8, 4) is 0 Å². The highest BCUT2D eigenvalue weighted by Gasteiger charge is 2.01. The Bertz CT molecular complexity index is 308. The summed E-state index contributed by atoms with van der Waals surface area (Å²) < 4.78 is 0. The van der Waals surface area contributed by atoms with Gasteiger partial charge in [-0.1, -0.05) is 45.5 Å². The van der Waals surface area contributed by atoms with Crippen molar-refractivity contribution in [2.24, 2.45) is 5.92 Å². The van der Waals surface area contributed by atoms with Crippen molar-refractivity contribution >= 4 is 0 Å². The molecule has 0 N–H and O–H groups in total. The van der Waals surface area contributed by atoms with Crippen LogP contribution in [0.3, 0.4) is 0 Å². The first-order valence-corrected chi connectivity index (χ1v) is 5.31. The fourth-order valence-corrected chi connectivity index (χ4v) is 1.66. The Labute approximate surface area is 87.7 Å². The normalized spacial score (nSPS) is 10.6. The molecule has 0 fully saturated rings. The number of aryl methyl sites for hydroxylation is 1. The molecule has 1 radical (unpaired) electrons. The highest BCUT2D eigenvalue weighted by atomic mass is 14.1. The first kappa shape index (κ1) is 11.0. The number of hydrogen-bond acceptors (Lipinski definition) is 0. The first-order valence-electron chi connectivity index (χ1n) is 5.31. The standard InChI is InChI=1S/C14H19/c1-5-12-8-13(6-2)10-14(9-12)7-11(3)4/h8-11H,1,6-7H2,2-4H3. The molecule has 1 aromatic rings. The van der Waals surface area contributed by atoms with Gasteiger partial charge in [-0.2, -0.15) is 0 Å². The smallest absolute Gasteiger partial charge is 0.0178 e. The zero-order valence-corrected chi connectivity index (χ0v) is 9.43. The highest BCUT2D eigenvalue weighted by molar-refractivity contribution is 5.33. The van der Waals surface area contributed by atoms with Gasteiger partial charge in [-0.05, 0) is 41.5 Å². The van der Waals surface area contributed by atoms with Crippen LogP contribution in [0.2, 0.25) is 0 Å². The fourth-order valence-electron chi connectivity index (χ4n) is 1.66. The number of rotatable bonds is 4. The maximum Gasteiger partial charge on any atom is -0.0178 e. The van der Waals surface area contributed by atoms with E-state index in [2.05, 4.69) is 51.6 Å². The van der Waals surface area contributed by atoms with E-state index in [0.29, 0.717) is 5.92 Å². The monoisotopic (exact) mass is 187 g/mol. The molecule has 0 saturated carbocycles. The molecular weight excluding hydrogens is 168 g/mol. The van der Waals surface area contributed by atoms with Gasteiger partial charge in [0.15, 0.2) is 0 Å². The molecule has 0 aliphatic rings. The van der Waals surface area contributed by atoms with E-state index in [1.165, 1.54) is 11.1 Å².